The van der Waals surface area contributed by atoms with Gasteiger partial charge in [0.1, 0.15) is 17.3 Å². The Labute approximate surface area is 108 Å². The Hall–Kier alpha value is -0.830. The highest BCUT2D eigenvalue weighted by atomic mass is 35.5. The van der Waals surface area contributed by atoms with Gasteiger partial charge in [-0.05, 0) is 18.3 Å². The number of nitrogens with zero attached hydrogens (tertiary/aromatic N) is 2. The zero-order chi connectivity index (χ0) is 12.3. The van der Waals surface area contributed by atoms with Crippen molar-refractivity contribution in [3.63, 3.8) is 0 Å². The first kappa shape index (κ1) is 12.6. The second-order valence-corrected chi connectivity index (χ2v) is 5.45. The zero-order valence-electron chi connectivity index (χ0n) is 10.5. The van der Waals surface area contributed by atoms with E-state index in [1.165, 1.54) is 32.0 Å². The molecule has 1 aromatic heterocycles. The molecule has 0 aliphatic heterocycles. The van der Waals surface area contributed by atoms with Crippen LogP contribution in [0.25, 0.3) is 0 Å². The van der Waals surface area contributed by atoms with Gasteiger partial charge in [0.2, 0.25) is 0 Å². The molecule has 0 spiro atoms. The van der Waals surface area contributed by atoms with Gasteiger partial charge in [0, 0.05) is 12.1 Å². The molecule has 0 radical (unpaired) electrons. The summed E-state index contributed by atoms with van der Waals surface area (Å²) < 4.78 is 0. The molecule has 1 N–H and O–H groups in total. The molecule has 0 bridgehead atoms. The van der Waals surface area contributed by atoms with E-state index < -0.39 is 0 Å². The predicted molar refractivity (Wildman–Crippen MR) is 71.6 cm³/mol. The first-order valence-electron chi connectivity index (χ1n) is 6.42. The number of nitrogens with one attached hydrogen (secondary N) is 1. The Kier molecular flexibility index (Phi) is 4.21. The van der Waals surface area contributed by atoms with E-state index in [-0.39, 0.29) is 0 Å². The van der Waals surface area contributed by atoms with Crippen molar-refractivity contribution in [3.05, 3.63) is 17.0 Å². The smallest absolute Gasteiger partial charge is 0.138 e. The number of anilines is 1. The normalized spacial score (nSPS) is 16.0. The predicted octanol–water partition coefficient (Wildman–Crippen LogP) is 3.86. The van der Waals surface area contributed by atoms with Crippen molar-refractivity contribution in [2.45, 2.75) is 45.4 Å². The molecule has 17 heavy (non-hydrogen) atoms. The Morgan fingerprint density at radius 2 is 2.18 bits per heavy atom. The van der Waals surface area contributed by atoms with E-state index in [9.17, 15) is 0 Å². The number of hydrogen-bond acceptors (Lipinski definition) is 3. The lowest BCUT2D eigenvalue weighted by Gasteiger charge is -2.25. The van der Waals surface area contributed by atoms with Gasteiger partial charge >= 0.3 is 0 Å². The second kappa shape index (κ2) is 5.67. The summed E-state index contributed by atoms with van der Waals surface area (Å²) in [6.07, 6.45) is 6.95. The highest BCUT2D eigenvalue weighted by molar-refractivity contribution is 6.30. The van der Waals surface area contributed by atoms with Crippen LogP contribution in [0.3, 0.4) is 0 Å². The van der Waals surface area contributed by atoms with Crippen molar-refractivity contribution in [1.82, 2.24) is 9.97 Å². The number of halogens is 1. The maximum Gasteiger partial charge on any atom is 0.138 e. The largest absolute Gasteiger partial charge is 0.370 e. The third-order valence-electron chi connectivity index (χ3n) is 3.48. The van der Waals surface area contributed by atoms with E-state index in [1.807, 2.05) is 0 Å². The second-order valence-electron chi connectivity index (χ2n) is 5.09. The molecule has 0 amide bonds. The van der Waals surface area contributed by atoms with E-state index in [1.54, 1.807) is 0 Å². The van der Waals surface area contributed by atoms with Crippen molar-refractivity contribution in [2.24, 2.45) is 5.92 Å². The van der Waals surface area contributed by atoms with Gasteiger partial charge < -0.3 is 5.32 Å². The summed E-state index contributed by atoms with van der Waals surface area (Å²) in [5, 5.41) is 3.97. The van der Waals surface area contributed by atoms with Crippen molar-refractivity contribution in [1.29, 1.82) is 0 Å². The van der Waals surface area contributed by atoms with Crippen molar-refractivity contribution in [2.75, 3.05) is 11.9 Å². The molecule has 94 valence electrons. The summed E-state index contributed by atoms with van der Waals surface area (Å²) in [5.74, 6) is 2.16. The van der Waals surface area contributed by atoms with Crippen LogP contribution in [0.4, 0.5) is 5.82 Å². The van der Waals surface area contributed by atoms with Gasteiger partial charge in [-0.3, -0.25) is 0 Å². The fourth-order valence-corrected chi connectivity index (χ4v) is 2.55. The molecule has 0 saturated heterocycles. The average Bonchev–Trinajstić information content (AvgIpc) is 2.21. The summed E-state index contributed by atoms with van der Waals surface area (Å²) in [5.41, 5.74) is 1.03. The van der Waals surface area contributed by atoms with Crippen LogP contribution >= 0.6 is 11.6 Å². The Balaban J connectivity index is 1.96. The summed E-state index contributed by atoms with van der Waals surface area (Å²) in [4.78, 5) is 8.34. The minimum Gasteiger partial charge on any atom is -0.370 e. The van der Waals surface area contributed by atoms with E-state index in [4.69, 9.17) is 11.6 Å². The molecule has 1 fully saturated rings. The Bertz CT molecular complexity index is 375. The molecule has 0 unspecified atom stereocenters. The van der Waals surface area contributed by atoms with E-state index in [2.05, 4.69) is 29.1 Å². The monoisotopic (exact) mass is 253 g/mol. The fraction of sp³-hybridized carbons (Fsp3) is 0.692. The molecule has 4 heteroatoms. The number of hydrogen-bond donors (Lipinski definition) is 1. The van der Waals surface area contributed by atoms with Gasteiger partial charge in [0.05, 0.1) is 0 Å². The van der Waals surface area contributed by atoms with Crippen LogP contribution < -0.4 is 5.32 Å². The Morgan fingerprint density at radius 1 is 1.41 bits per heavy atom. The maximum atomic E-state index is 6.11. The van der Waals surface area contributed by atoms with Gasteiger partial charge in [0.15, 0.2) is 0 Å². The minimum absolute atomic E-state index is 0.343. The molecule has 0 atom stereocenters. The van der Waals surface area contributed by atoms with Crippen molar-refractivity contribution < 1.29 is 0 Å². The molecule has 1 aliphatic rings. The summed E-state index contributed by atoms with van der Waals surface area (Å²) >= 11 is 6.11. The average molecular weight is 254 g/mol. The highest BCUT2D eigenvalue weighted by Gasteiger charge is 2.17. The Morgan fingerprint density at radius 3 is 2.76 bits per heavy atom. The molecular weight excluding hydrogens is 234 g/mol. The summed E-state index contributed by atoms with van der Waals surface area (Å²) in [6.45, 7) is 5.21. The standard InChI is InChI=1S/C13H20ClN3/c1-9(2)11-12(14)16-8-17-13(11)15-7-6-10-4-3-5-10/h8-10H,3-7H2,1-2H3,(H,15,16,17). The van der Waals surface area contributed by atoms with Crippen molar-refractivity contribution in [3.8, 4) is 0 Å². The molecule has 1 heterocycles. The first-order chi connectivity index (χ1) is 8.18. The molecule has 0 aromatic carbocycles. The van der Waals surface area contributed by atoms with E-state index >= 15 is 0 Å². The molecule has 1 aliphatic carbocycles. The van der Waals surface area contributed by atoms with Gasteiger partial charge in [-0.2, -0.15) is 0 Å². The lowest BCUT2D eigenvalue weighted by molar-refractivity contribution is 0.303. The highest BCUT2D eigenvalue weighted by Crippen LogP contribution is 2.30. The first-order valence-corrected chi connectivity index (χ1v) is 6.80. The van der Waals surface area contributed by atoms with Crippen LogP contribution in [0.1, 0.15) is 51.0 Å². The minimum atomic E-state index is 0.343. The quantitative estimate of drug-likeness (QED) is 0.810. The third kappa shape index (κ3) is 3.09. The van der Waals surface area contributed by atoms with Gasteiger partial charge in [-0.15, -0.1) is 0 Å². The third-order valence-corrected chi connectivity index (χ3v) is 3.78. The van der Waals surface area contributed by atoms with E-state index in [0.717, 1.165) is 23.8 Å². The molecule has 3 nitrogen and oxygen atoms in total. The lowest BCUT2D eigenvalue weighted by atomic mass is 9.83. The van der Waals surface area contributed by atoms with Crippen LogP contribution in [0, 0.1) is 5.92 Å². The van der Waals surface area contributed by atoms with Crippen LogP contribution in [0.2, 0.25) is 5.15 Å². The number of aromatic nitrogens is 2. The van der Waals surface area contributed by atoms with Gasteiger partial charge in [-0.1, -0.05) is 44.7 Å². The van der Waals surface area contributed by atoms with Gasteiger partial charge in [-0.25, -0.2) is 9.97 Å². The zero-order valence-corrected chi connectivity index (χ0v) is 11.3. The fourth-order valence-electron chi connectivity index (χ4n) is 2.20. The lowest BCUT2D eigenvalue weighted by Crippen LogP contribution is -2.17. The maximum absolute atomic E-state index is 6.11. The summed E-state index contributed by atoms with van der Waals surface area (Å²) in [6, 6.07) is 0. The molecular formula is C13H20ClN3. The van der Waals surface area contributed by atoms with Gasteiger partial charge in [0.25, 0.3) is 0 Å². The van der Waals surface area contributed by atoms with Crippen LogP contribution in [0.5, 0.6) is 0 Å². The molecule has 2 rings (SSSR count). The van der Waals surface area contributed by atoms with E-state index in [0.29, 0.717) is 11.1 Å². The van der Waals surface area contributed by atoms with Crippen LogP contribution in [-0.2, 0) is 0 Å². The topological polar surface area (TPSA) is 37.8 Å². The number of rotatable bonds is 5. The van der Waals surface area contributed by atoms with Crippen molar-refractivity contribution >= 4 is 17.4 Å². The van der Waals surface area contributed by atoms with Crippen LogP contribution in [0.15, 0.2) is 6.33 Å². The summed E-state index contributed by atoms with van der Waals surface area (Å²) in [7, 11) is 0. The molecule has 1 aromatic rings. The molecule has 1 saturated carbocycles. The van der Waals surface area contributed by atoms with Crippen LogP contribution in [-0.4, -0.2) is 16.5 Å². The SMILES string of the molecule is CC(C)c1c(Cl)ncnc1NCCC1CCC1.